The molecule has 0 aromatic heterocycles. The molecule has 3 heteroatoms. The average Bonchev–Trinajstić information content (AvgIpc) is 1.97. The largest absolute Gasteiger partial charge is 0.395 e. The van der Waals surface area contributed by atoms with Crippen LogP contribution in [0.15, 0.2) is 0 Å². The fourth-order valence-electron chi connectivity index (χ4n) is 1.62. The van der Waals surface area contributed by atoms with Crippen molar-refractivity contribution >= 4 is 15.9 Å². The second kappa shape index (κ2) is 5.95. The highest BCUT2D eigenvalue weighted by molar-refractivity contribution is 9.09. The summed E-state index contributed by atoms with van der Waals surface area (Å²) in [6, 6.07) is 0.774. The number of aliphatic hydroxyl groups excluding tert-OH is 1. The fraction of sp³-hybridized carbons (Fsp3) is 1.00. The van der Waals surface area contributed by atoms with Crippen LogP contribution in [0, 0.1) is 0 Å². The van der Waals surface area contributed by atoms with Gasteiger partial charge in [-0.1, -0.05) is 22.4 Å². The number of nitrogens with zero attached hydrogens (tertiary/aromatic N) is 1. The smallest absolute Gasteiger partial charge is 0.0558 e. The maximum absolute atomic E-state index is 8.85. The minimum Gasteiger partial charge on any atom is -0.395 e. The second-order valence-corrected chi connectivity index (χ2v) is 4.18. The first-order chi connectivity index (χ1) is 5.88. The van der Waals surface area contributed by atoms with Crippen molar-refractivity contribution in [3.05, 3.63) is 0 Å². The minimum absolute atomic E-state index is 0.304. The predicted molar refractivity (Wildman–Crippen MR) is 54.7 cm³/mol. The molecule has 0 unspecified atom stereocenters. The van der Waals surface area contributed by atoms with Gasteiger partial charge in [0.25, 0.3) is 0 Å². The van der Waals surface area contributed by atoms with Crippen molar-refractivity contribution in [1.29, 1.82) is 0 Å². The molecule has 0 atom stereocenters. The summed E-state index contributed by atoms with van der Waals surface area (Å²) in [4.78, 5) is 2.42. The third-order valence-corrected chi connectivity index (χ3v) is 3.12. The summed E-state index contributed by atoms with van der Waals surface area (Å²) in [5.74, 6) is 0. The van der Waals surface area contributed by atoms with Crippen LogP contribution in [0.1, 0.15) is 25.7 Å². The van der Waals surface area contributed by atoms with E-state index in [4.69, 9.17) is 5.11 Å². The first-order valence-electron chi connectivity index (χ1n) is 4.79. The molecule has 0 aromatic rings. The number of halogens is 1. The summed E-state index contributed by atoms with van der Waals surface area (Å²) in [6.45, 7) is 2.30. The molecule has 1 fully saturated rings. The summed E-state index contributed by atoms with van der Waals surface area (Å²) in [6.07, 6.45) is 5.24. The molecular weight excluding hydrogens is 218 g/mol. The van der Waals surface area contributed by atoms with Gasteiger partial charge in [-0.25, -0.2) is 0 Å². The molecule has 2 nitrogen and oxygen atoms in total. The Balaban J connectivity index is 2.17. The summed E-state index contributed by atoms with van der Waals surface area (Å²) in [7, 11) is 0. The molecule has 0 aromatic carbocycles. The molecule has 0 aliphatic heterocycles. The Labute approximate surface area is 83.1 Å². The Morgan fingerprint density at radius 1 is 1.33 bits per heavy atom. The topological polar surface area (TPSA) is 23.5 Å². The number of aliphatic hydroxyl groups is 1. The summed E-state index contributed by atoms with van der Waals surface area (Å²) < 4.78 is 0. The van der Waals surface area contributed by atoms with Crippen LogP contribution in [-0.4, -0.2) is 41.1 Å². The lowest BCUT2D eigenvalue weighted by atomic mass is 9.91. The molecule has 1 aliphatic rings. The van der Waals surface area contributed by atoms with Crippen LogP contribution >= 0.6 is 15.9 Å². The van der Waals surface area contributed by atoms with Gasteiger partial charge in [-0.3, -0.25) is 4.90 Å². The molecule has 12 heavy (non-hydrogen) atoms. The molecule has 1 N–H and O–H groups in total. The van der Waals surface area contributed by atoms with E-state index >= 15 is 0 Å². The van der Waals surface area contributed by atoms with E-state index in [1.54, 1.807) is 0 Å². The minimum atomic E-state index is 0.304. The maximum atomic E-state index is 8.85. The summed E-state index contributed by atoms with van der Waals surface area (Å²) in [5.41, 5.74) is 0. The highest BCUT2D eigenvalue weighted by Crippen LogP contribution is 2.24. The number of hydrogen-bond acceptors (Lipinski definition) is 2. The monoisotopic (exact) mass is 235 g/mol. The average molecular weight is 236 g/mol. The van der Waals surface area contributed by atoms with E-state index < -0.39 is 0 Å². The van der Waals surface area contributed by atoms with Gasteiger partial charge in [0.2, 0.25) is 0 Å². The molecule has 0 heterocycles. The van der Waals surface area contributed by atoms with Crippen molar-refractivity contribution in [2.45, 2.75) is 31.7 Å². The third-order valence-electron chi connectivity index (χ3n) is 2.56. The highest BCUT2D eigenvalue weighted by Gasteiger charge is 2.23. The molecule has 0 amide bonds. The number of hydrogen-bond donors (Lipinski definition) is 1. The zero-order valence-electron chi connectivity index (χ0n) is 7.51. The van der Waals surface area contributed by atoms with Crippen molar-refractivity contribution in [1.82, 2.24) is 4.90 Å². The van der Waals surface area contributed by atoms with Crippen LogP contribution in [0.4, 0.5) is 0 Å². The van der Waals surface area contributed by atoms with Gasteiger partial charge in [0.1, 0.15) is 0 Å². The summed E-state index contributed by atoms with van der Waals surface area (Å²) >= 11 is 3.43. The van der Waals surface area contributed by atoms with Gasteiger partial charge < -0.3 is 5.11 Å². The van der Waals surface area contributed by atoms with E-state index in [9.17, 15) is 0 Å². The van der Waals surface area contributed by atoms with Crippen LogP contribution in [-0.2, 0) is 0 Å². The van der Waals surface area contributed by atoms with Crippen LogP contribution in [0.5, 0.6) is 0 Å². The molecule has 72 valence electrons. The molecule has 0 spiro atoms. The van der Waals surface area contributed by atoms with Crippen molar-refractivity contribution in [3.63, 3.8) is 0 Å². The molecule has 0 saturated heterocycles. The van der Waals surface area contributed by atoms with Gasteiger partial charge in [-0.05, 0) is 25.8 Å². The normalized spacial score (nSPS) is 18.2. The Hall–Kier alpha value is 0.400. The molecular formula is C9H18BrNO. The van der Waals surface area contributed by atoms with Gasteiger partial charge in [0, 0.05) is 17.9 Å². The zero-order chi connectivity index (χ0) is 8.81. The van der Waals surface area contributed by atoms with E-state index in [0.717, 1.165) is 24.5 Å². The molecule has 0 radical (unpaired) electrons. The lowest BCUT2D eigenvalue weighted by molar-refractivity contribution is 0.102. The fourth-order valence-corrected chi connectivity index (χ4v) is 1.87. The second-order valence-electron chi connectivity index (χ2n) is 3.39. The van der Waals surface area contributed by atoms with E-state index in [1.807, 2.05) is 0 Å². The lowest BCUT2D eigenvalue weighted by Gasteiger charge is -2.37. The molecule has 1 rings (SSSR count). The van der Waals surface area contributed by atoms with Gasteiger partial charge in [-0.15, -0.1) is 0 Å². The predicted octanol–water partition coefficient (Wildman–Crippen LogP) is 1.62. The number of rotatable bonds is 6. The standard InChI is InChI=1S/C9H18BrNO/c10-5-2-6-11(7-8-12)9-3-1-4-9/h9,12H,1-8H2. The van der Waals surface area contributed by atoms with Gasteiger partial charge in [0.15, 0.2) is 0 Å². The Kier molecular flexibility index (Phi) is 5.19. The Bertz CT molecular complexity index is 117. The maximum Gasteiger partial charge on any atom is 0.0558 e. The third kappa shape index (κ3) is 3.04. The van der Waals surface area contributed by atoms with E-state index in [1.165, 1.54) is 25.7 Å². The van der Waals surface area contributed by atoms with E-state index in [0.29, 0.717) is 6.61 Å². The lowest BCUT2D eigenvalue weighted by Crippen LogP contribution is -2.42. The Morgan fingerprint density at radius 2 is 2.08 bits per heavy atom. The van der Waals surface area contributed by atoms with Crippen LogP contribution in [0.3, 0.4) is 0 Å². The van der Waals surface area contributed by atoms with Crippen molar-refractivity contribution in [2.75, 3.05) is 25.0 Å². The van der Waals surface area contributed by atoms with Gasteiger partial charge in [-0.2, -0.15) is 0 Å². The number of alkyl halides is 1. The van der Waals surface area contributed by atoms with Crippen molar-refractivity contribution in [2.24, 2.45) is 0 Å². The van der Waals surface area contributed by atoms with Crippen molar-refractivity contribution in [3.8, 4) is 0 Å². The van der Waals surface area contributed by atoms with Crippen LogP contribution in [0.2, 0.25) is 0 Å². The first-order valence-corrected chi connectivity index (χ1v) is 5.91. The first kappa shape index (κ1) is 10.5. The van der Waals surface area contributed by atoms with Crippen LogP contribution < -0.4 is 0 Å². The van der Waals surface area contributed by atoms with Gasteiger partial charge in [0.05, 0.1) is 6.61 Å². The van der Waals surface area contributed by atoms with Crippen LogP contribution in [0.25, 0.3) is 0 Å². The Morgan fingerprint density at radius 3 is 2.50 bits per heavy atom. The highest BCUT2D eigenvalue weighted by atomic mass is 79.9. The molecule has 0 bridgehead atoms. The van der Waals surface area contributed by atoms with Gasteiger partial charge >= 0.3 is 0 Å². The van der Waals surface area contributed by atoms with Crippen molar-refractivity contribution < 1.29 is 5.11 Å². The van der Waals surface area contributed by atoms with E-state index in [2.05, 4.69) is 20.8 Å². The molecule has 1 saturated carbocycles. The van der Waals surface area contributed by atoms with E-state index in [-0.39, 0.29) is 0 Å². The quantitative estimate of drug-likeness (QED) is 0.708. The molecule has 1 aliphatic carbocycles. The summed E-state index contributed by atoms with van der Waals surface area (Å²) in [5, 5.41) is 9.92. The zero-order valence-corrected chi connectivity index (χ0v) is 9.09. The SMILES string of the molecule is OCCN(CCCBr)C1CCC1.